The Balaban J connectivity index is 2.52. The second-order valence-electron chi connectivity index (χ2n) is 4.69. The molecule has 0 fully saturated rings. The maximum absolute atomic E-state index is 4.61. The molecule has 1 rings (SSSR count). The topological polar surface area (TPSA) is 29.9 Å². The third kappa shape index (κ3) is 5.13. The van der Waals surface area contributed by atoms with Crippen LogP contribution >= 0.6 is 11.8 Å². The number of hydrogen-bond acceptors (Lipinski definition) is 3. The number of thioether (sulfide) groups is 1. The maximum atomic E-state index is 4.61. The molecule has 1 aromatic heterocycles. The summed E-state index contributed by atoms with van der Waals surface area (Å²) in [5, 5.41) is 8.19. The Kier molecular flexibility index (Phi) is 6.66. The Morgan fingerprint density at radius 2 is 2.24 bits per heavy atom. The number of nitrogens with one attached hydrogen (secondary N) is 1. The van der Waals surface area contributed by atoms with Gasteiger partial charge in [-0.2, -0.15) is 16.9 Å². The summed E-state index contributed by atoms with van der Waals surface area (Å²) in [7, 11) is 0. The van der Waals surface area contributed by atoms with Gasteiger partial charge in [-0.3, -0.25) is 4.68 Å². The SMILES string of the molecule is CCCNC(CSC)Cc1ccn(C(C)C)n1. The van der Waals surface area contributed by atoms with Crippen molar-refractivity contribution < 1.29 is 0 Å². The predicted molar refractivity (Wildman–Crippen MR) is 76.8 cm³/mol. The molecular weight excluding hydrogens is 230 g/mol. The smallest absolute Gasteiger partial charge is 0.0640 e. The molecule has 0 saturated carbocycles. The Labute approximate surface area is 109 Å². The first-order chi connectivity index (χ1) is 8.17. The van der Waals surface area contributed by atoms with Crippen molar-refractivity contribution in [2.24, 2.45) is 0 Å². The molecule has 0 aliphatic rings. The summed E-state index contributed by atoms with van der Waals surface area (Å²) in [4.78, 5) is 0. The van der Waals surface area contributed by atoms with Crippen molar-refractivity contribution in [1.82, 2.24) is 15.1 Å². The summed E-state index contributed by atoms with van der Waals surface area (Å²) in [5.74, 6) is 1.15. The molecule has 4 heteroatoms. The zero-order chi connectivity index (χ0) is 12.7. The molecule has 0 aromatic carbocycles. The van der Waals surface area contributed by atoms with Gasteiger partial charge in [0, 0.05) is 30.5 Å². The summed E-state index contributed by atoms with van der Waals surface area (Å²) < 4.78 is 2.03. The van der Waals surface area contributed by atoms with Gasteiger partial charge in [-0.15, -0.1) is 0 Å². The zero-order valence-electron chi connectivity index (χ0n) is 11.4. The van der Waals surface area contributed by atoms with Crippen molar-refractivity contribution >= 4 is 11.8 Å². The van der Waals surface area contributed by atoms with Gasteiger partial charge < -0.3 is 5.32 Å². The highest BCUT2D eigenvalue weighted by atomic mass is 32.2. The molecule has 0 saturated heterocycles. The summed E-state index contributed by atoms with van der Waals surface area (Å²) in [5.41, 5.74) is 1.20. The van der Waals surface area contributed by atoms with E-state index in [4.69, 9.17) is 0 Å². The first-order valence-electron chi connectivity index (χ1n) is 6.43. The normalized spacial score (nSPS) is 13.2. The monoisotopic (exact) mass is 255 g/mol. The lowest BCUT2D eigenvalue weighted by Crippen LogP contribution is -2.34. The second kappa shape index (κ2) is 7.77. The summed E-state index contributed by atoms with van der Waals surface area (Å²) in [6.07, 6.45) is 6.45. The fraction of sp³-hybridized carbons (Fsp3) is 0.769. The highest BCUT2D eigenvalue weighted by Gasteiger charge is 2.10. The molecule has 0 spiro atoms. The molecule has 1 aromatic rings. The predicted octanol–water partition coefficient (Wildman–Crippen LogP) is 2.74. The molecule has 0 amide bonds. The molecule has 3 nitrogen and oxygen atoms in total. The van der Waals surface area contributed by atoms with Crippen LogP contribution in [0, 0.1) is 0 Å². The first kappa shape index (κ1) is 14.6. The Morgan fingerprint density at radius 1 is 1.47 bits per heavy atom. The van der Waals surface area contributed by atoms with Crippen molar-refractivity contribution in [2.45, 2.75) is 45.7 Å². The Bertz CT molecular complexity index is 309. The van der Waals surface area contributed by atoms with E-state index in [2.05, 4.69) is 49.7 Å². The van der Waals surface area contributed by atoms with E-state index >= 15 is 0 Å². The highest BCUT2D eigenvalue weighted by Crippen LogP contribution is 2.08. The lowest BCUT2D eigenvalue weighted by Gasteiger charge is -2.16. The Hall–Kier alpha value is -0.480. The molecular formula is C13H25N3S. The zero-order valence-corrected chi connectivity index (χ0v) is 12.3. The van der Waals surface area contributed by atoms with Crippen molar-refractivity contribution in [2.75, 3.05) is 18.6 Å². The average Bonchev–Trinajstić information content (AvgIpc) is 2.75. The third-order valence-electron chi connectivity index (χ3n) is 2.70. The van der Waals surface area contributed by atoms with Gasteiger partial charge in [0.1, 0.15) is 0 Å². The van der Waals surface area contributed by atoms with Crippen molar-refractivity contribution in [1.29, 1.82) is 0 Å². The maximum Gasteiger partial charge on any atom is 0.0640 e. The molecule has 1 unspecified atom stereocenters. The van der Waals surface area contributed by atoms with E-state index < -0.39 is 0 Å². The number of rotatable bonds is 8. The van der Waals surface area contributed by atoms with Gasteiger partial charge in [-0.1, -0.05) is 6.92 Å². The fourth-order valence-corrected chi connectivity index (χ4v) is 2.40. The number of nitrogens with zero attached hydrogens (tertiary/aromatic N) is 2. The number of aromatic nitrogens is 2. The van der Waals surface area contributed by atoms with Gasteiger partial charge in [0.25, 0.3) is 0 Å². The summed E-state index contributed by atoms with van der Waals surface area (Å²) in [6, 6.07) is 3.13. The minimum absolute atomic E-state index is 0.450. The van der Waals surface area contributed by atoms with Crippen LogP contribution in [-0.2, 0) is 6.42 Å². The molecule has 0 aliphatic heterocycles. The standard InChI is InChI=1S/C13H25N3S/c1-5-7-14-13(10-17-4)9-12-6-8-16(15-12)11(2)3/h6,8,11,13-14H,5,7,9-10H2,1-4H3. The van der Waals surface area contributed by atoms with E-state index in [-0.39, 0.29) is 0 Å². The molecule has 1 heterocycles. The van der Waals surface area contributed by atoms with Gasteiger partial charge in [0.15, 0.2) is 0 Å². The highest BCUT2D eigenvalue weighted by molar-refractivity contribution is 7.98. The lowest BCUT2D eigenvalue weighted by molar-refractivity contribution is 0.509. The van der Waals surface area contributed by atoms with Crippen LogP contribution in [-0.4, -0.2) is 34.4 Å². The van der Waals surface area contributed by atoms with E-state index in [9.17, 15) is 0 Å². The minimum atomic E-state index is 0.450. The average molecular weight is 255 g/mol. The first-order valence-corrected chi connectivity index (χ1v) is 7.83. The lowest BCUT2D eigenvalue weighted by atomic mass is 10.2. The van der Waals surface area contributed by atoms with E-state index in [0.29, 0.717) is 12.1 Å². The summed E-state index contributed by atoms with van der Waals surface area (Å²) in [6.45, 7) is 7.61. The van der Waals surface area contributed by atoms with Crippen LogP contribution in [0.15, 0.2) is 12.3 Å². The van der Waals surface area contributed by atoms with Gasteiger partial charge >= 0.3 is 0 Å². The molecule has 1 N–H and O–H groups in total. The van der Waals surface area contributed by atoms with E-state index in [1.165, 1.54) is 12.1 Å². The van der Waals surface area contributed by atoms with Gasteiger partial charge in [0.2, 0.25) is 0 Å². The van der Waals surface area contributed by atoms with Crippen LogP contribution in [0.4, 0.5) is 0 Å². The van der Waals surface area contributed by atoms with E-state index in [0.717, 1.165) is 18.7 Å². The largest absolute Gasteiger partial charge is 0.313 e. The third-order valence-corrected chi connectivity index (χ3v) is 3.43. The molecule has 0 radical (unpaired) electrons. The molecule has 98 valence electrons. The van der Waals surface area contributed by atoms with Crippen molar-refractivity contribution in [3.05, 3.63) is 18.0 Å². The van der Waals surface area contributed by atoms with Gasteiger partial charge in [-0.05, 0) is 39.1 Å². The van der Waals surface area contributed by atoms with Crippen LogP contribution in [0.3, 0.4) is 0 Å². The molecule has 0 bridgehead atoms. The van der Waals surface area contributed by atoms with Crippen molar-refractivity contribution in [3.8, 4) is 0 Å². The molecule has 0 aliphatic carbocycles. The van der Waals surface area contributed by atoms with Crippen molar-refractivity contribution in [3.63, 3.8) is 0 Å². The Morgan fingerprint density at radius 3 is 2.76 bits per heavy atom. The van der Waals surface area contributed by atoms with Gasteiger partial charge in [0.05, 0.1) is 5.69 Å². The van der Waals surface area contributed by atoms with Crippen LogP contribution in [0.5, 0.6) is 0 Å². The molecule has 17 heavy (non-hydrogen) atoms. The quantitative estimate of drug-likeness (QED) is 0.774. The van der Waals surface area contributed by atoms with E-state index in [1.807, 2.05) is 16.4 Å². The van der Waals surface area contributed by atoms with E-state index in [1.54, 1.807) is 0 Å². The van der Waals surface area contributed by atoms with Crippen LogP contribution in [0.2, 0.25) is 0 Å². The number of hydrogen-bond donors (Lipinski definition) is 1. The van der Waals surface area contributed by atoms with Gasteiger partial charge in [-0.25, -0.2) is 0 Å². The van der Waals surface area contributed by atoms with Crippen LogP contribution < -0.4 is 5.32 Å². The van der Waals surface area contributed by atoms with Crippen LogP contribution in [0.1, 0.15) is 38.9 Å². The fourth-order valence-electron chi connectivity index (χ4n) is 1.77. The van der Waals surface area contributed by atoms with Crippen LogP contribution in [0.25, 0.3) is 0 Å². The minimum Gasteiger partial charge on any atom is -0.313 e. The molecule has 1 atom stereocenters. The summed E-state index contributed by atoms with van der Waals surface area (Å²) >= 11 is 1.90. The second-order valence-corrected chi connectivity index (χ2v) is 5.60.